The van der Waals surface area contributed by atoms with Crippen molar-refractivity contribution in [3.8, 4) is 0 Å². The summed E-state index contributed by atoms with van der Waals surface area (Å²) in [5.41, 5.74) is 1.25. The maximum atomic E-state index is 12.0. The molecule has 19 heavy (non-hydrogen) atoms. The molecule has 0 spiro atoms. The second-order valence-electron chi connectivity index (χ2n) is 3.96. The fourth-order valence-electron chi connectivity index (χ4n) is 1.42. The first-order valence-electron chi connectivity index (χ1n) is 5.52. The third-order valence-corrected chi connectivity index (χ3v) is 3.96. The smallest absolute Gasteiger partial charge is 0.256 e. The second kappa shape index (κ2) is 5.99. The van der Waals surface area contributed by atoms with Crippen LogP contribution in [0.4, 0.5) is 0 Å². The Balaban J connectivity index is 2.07. The zero-order chi connectivity index (χ0) is 14.0. The summed E-state index contributed by atoms with van der Waals surface area (Å²) < 4.78 is 5.40. The van der Waals surface area contributed by atoms with E-state index >= 15 is 0 Å². The van der Waals surface area contributed by atoms with Crippen molar-refractivity contribution in [2.45, 2.75) is 19.1 Å². The molecule has 1 heterocycles. The van der Waals surface area contributed by atoms with Gasteiger partial charge in [0.05, 0.1) is 16.5 Å². The van der Waals surface area contributed by atoms with Crippen molar-refractivity contribution >= 4 is 40.7 Å². The average Bonchev–Trinajstić information content (AvgIpc) is 2.69. The molecule has 2 rings (SSSR count). The molecule has 100 valence electrons. The van der Waals surface area contributed by atoms with Crippen molar-refractivity contribution in [1.29, 1.82) is 0 Å². The SMILES string of the molecule is Cc1nc(SCC(=O)c2cc(Cl)ccc2Cl)oc1C. The van der Waals surface area contributed by atoms with E-state index in [4.69, 9.17) is 27.6 Å². The molecule has 1 aromatic heterocycles. The molecule has 0 bridgehead atoms. The number of nitrogens with zero attached hydrogens (tertiary/aromatic N) is 1. The van der Waals surface area contributed by atoms with Gasteiger partial charge >= 0.3 is 0 Å². The van der Waals surface area contributed by atoms with Crippen LogP contribution in [0.1, 0.15) is 21.8 Å². The Morgan fingerprint density at radius 1 is 1.37 bits per heavy atom. The topological polar surface area (TPSA) is 43.1 Å². The maximum Gasteiger partial charge on any atom is 0.256 e. The van der Waals surface area contributed by atoms with Crippen LogP contribution in [0, 0.1) is 13.8 Å². The molecule has 2 aromatic rings. The molecule has 3 nitrogen and oxygen atoms in total. The van der Waals surface area contributed by atoms with Crippen LogP contribution in [0.15, 0.2) is 27.8 Å². The van der Waals surface area contributed by atoms with Crippen LogP contribution in [0.3, 0.4) is 0 Å². The number of Topliss-reactive ketones (excluding diaryl/α,β-unsaturated/α-hetero) is 1. The maximum absolute atomic E-state index is 12.0. The quantitative estimate of drug-likeness (QED) is 0.612. The molecule has 6 heteroatoms. The van der Waals surface area contributed by atoms with E-state index in [0.29, 0.717) is 20.8 Å². The number of oxazole rings is 1. The van der Waals surface area contributed by atoms with E-state index in [2.05, 4.69) is 4.98 Å². The number of aryl methyl sites for hydroxylation is 2. The molecule has 0 aliphatic heterocycles. The number of rotatable bonds is 4. The van der Waals surface area contributed by atoms with Crippen LogP contribution >= 0.6 is 35.0 Å². The highest BCUT2D eigenvalue weighted by molar-refractivity contribution is 7.99. The molecular formula is C13H11Cl2NO2S. The van der Waals surface area contributed by atoms with Gasteiger partial charge in [0.1, 0.15) is 5.76 Å². The predicted octanol–water partition coefficient (Wildman–Crippen LogP) is 4.57. The molecule has 0 saturated carbocycles. The molecule has 0 N–H and O–H groups in total. The highest BCUT2D eigenvalue weighted by atomic mass is 35.5. The number of hydrogen-bond donors (Lipinski definition) is 0. The Labute approximate surface area is 125 Å². The number of ketones is 1. The summed E-state index contributed by atoms with van der Waals surface area (Å²) >= 11 is 13.1. The monoisotopic (exact) mass is 315 g/mol. The minimum Gasteiger partial charge on any atom is -0.437 e. The first-order valence-corrected chi connectivity index (χ1v) is 7.26. The molecule has 0 saturated heterocycles. The summed E-state index contributed by atoms with van der Waals surface area (Å²) in [4.78, 5) is 16.3. The zero-order valence-electron chi connectivity index (χ0n) is 10.4. The lowest BCUT2D eigenvalue weighted by atomic mass is 10.1. The predicted molar refractivity (Wildman–Crippen MR) is 77.5 cm³/mol. The number of carbonyl (C=O) groups is 1. The third kappa shape index (κ3) is 3.53. The zero-order valence-corrected chi connectivity index (χ0v) is 12.7. The Kier molecular flexibility index (Phi) is 4.55. The van der Waals surface area contributed by atoms with E-state index in [9.17, 15) is 4.79 Å². The number of halogens is 2. The second-order valence-corrected chi connectivity index (χ2v) is 5.73. The fraction of sp³-hybridized carbons (Fsp3) is 0.231. The summed E-state index contributed by atoms with van der Waals surface area (Å²) in [6.45, 7) is 3.70. The highest BCUT2D eigenvalue weighted by Gasteiger charge is 2.14. The van der Waals surface area contributed by atoms with Crippen LogP contribution in [0.25, 0.3) is 0 Å². The summed E-state index contributed by atoms with van der Waals surface area (Å²) in [5.74, 6) is 0.862. The summed E-state index contributed by atoms with van der Waals surface area (Å²) in [6.07, 6.45) is 0. The standard InChI is InChI=1S/C13H11Cl2NO2S/c1-7-8(2)18-13(16-7)19-6-12(17)10-5-9(14)3-4-11(10)15/h3-5H,6H2,1-2H3. The fourth-order valence-corrected chi connectivity index (χ4v) is 2.61. The van der Waals surface area contributed by atoms with Gasteiger partial charge in [0.25, 0.3) is 5.22 Å². The largest absolute Gasteiger partial charge is 0.437 e. The van der Waals surface area contributed by atoms with Crippen molar-refractivity contribution in [1.82, 2.24) is 4.98 Å². The number of thioether (sulfide) groups is 1. The molecule has 0 aliphatic rings. The van der Waals surface area contributed by atoms with Gasteiger partial charge in [-0.3, -0.25) is 4.79 Å². The third-order valence-electron chi connectivity index (χ3n) is 2.56. The van der Waals surface area contributed by atoms with E-state index < -0.39 is 0 Å². The normalized spacial score (nSPS) is 10.7. The van der Waals surface area contributed by atoms with Crippen LogP contribution in [-0.2, 0) is 0 Å². The minimum absolute atomic E-state index is 0.106. The van der Waals surface area contributed by atoms with Crippen LogP contribution in [0.2, 0.25) is 10.0 Å². The average molecular weight is 316 g/mol. The Bertz CT molecular complexity index is 606. The Morgan fingerprint density at radius 2 is 2.11 bits per heavy atom. The number of benzene rings is 1. The van der Waals surface area contributed by atoms with Gasteiger partial charge in [-0.15, -0.1) is 0 Å². The van der Waals surface area contributed by atoms with Gasteiger partial charge in [0, 0.05) is 10.6 Å². The van der Waals surface area contributed by atoms with E-state index in [0.717, 1.165) is 11.5 Å². The van der Waals surface area contributed by atoms with Gasteiger partial charge in [-0.2, -0.15) is 0 Å². The number of aromatic nitrogens is 1. The van der Waals surface area contributed by atoms with Crippen molar-refractivity contribution in [3.05, 3.63) is 45.3 Å². The van der Waals surface area contributed by atoms with Gasteiger partial charge < -0.3 is 4.42 Å². The van der Waals surface area contributed by atoms with E-state index in [-0.39, 0.29) is 11.5 Å². The molecule has 0 amide bonds. The molecule has 0 fully saturated rings. The molecule has 0 radical (unpaired) electrons. The van der Waals surface area contributed by atoms with Crippen molar-refractivity contribution in [3.63, 3.8) is 0 Å². The van der Waals surface area contributed by atoms with E-state index in [1.54, 1.807) is 18.2 Å². The lowest BCUT2D eigenvalue weighted by molar-refractivity contribution is 0.102. The Morgan fingerprint density at radius 3 is 2.74 bits per heavy atom. The van der Waals surface area contributed by atoms with Gasteiger partial charge in [-0.25, -0.2) is 4.98 Å². The van der Waals surface area contributed by atoms with Crippen molar-refractivity contribution in [2.75, 3.05) is 5.75 Å². The molecular weight excluding hydrogens is 305 g/mol. The molecule has 0 atom stereocenters. The molecule has 1 aromatic carbocycles. The summed E-state index contributed by atoms with van der Waals surface area (Å²) in [5, 5.41) is 1.37. The number of hydrogen-bond acceptors (Lipinski definition) is 4. The van der Waals surface area contributed by atoms with Gasteiger partial charge in [-0.05, 0) is 32.0 Å². The molecule has 0 unspecified atom stereocenters. The van der Waals surface area contributed by atoms with Gasteiger partial charge in [0.2, 0.25) is 0 Å². The first-order chi connectivity index (χ1) is 8.97. The van der Waals surface area contributed by atoms with Crippen molar-refractivity contribution < 1.29 is 9.21 Å². The van der Waals surface area contributed by atoms with Crippen molar-refractivity contribution in [2.24, 2.45) is 0 Å². The highest BCUT2D eigenvalue weighted by Crippen LogP contribution is 2.25. The number of carbonyl (C=O) groups excluding carboxylic acids is 1. The lowest BCUT2D eigenvalue weighted by Crippen LogP contribution is -2.03. The molecule has 0 aliphatic carbocycles. The summed E-state index contributed by atoms with van der Waals surface area (Å²) in [7, 11) is 0. The van der Waals surface area contributed by atoms with Crippen LogP contribution in [0.5, 0.6) is 0 Å². The first kappa shape index (κ1) is 14.4. The van der Waals surface area contributed by atoms with Crippen LogP contribution in [-0.4, -0.2) is 16.5 Å². The lowest BCUT2D eigenvalue weighted by Gasteiger charge is -2.02. The van der Waals surface area contributed by atoms with E-state index in [1.807, 2.05) is 13.8 Å². The van der Waals surface area contributed by atoms with Crippen LogP contribution < -0.4 is 0 Å². The minimum atomic E-state index is -0.106. The van der Waals surface area contributed by atoms with E-state index in [1.165, 1.54) is 11.8 Å². The summed E-state index contributed by atoms with van der Waals surface area (Å²) in [6, 6.07) is 4.83. The van der Waals surface area contributed by atoms with Gasteiger partial charge in [0.15, 0.2) is 5.78 Å². The van der Waals surface area contributed by atoms with Gasteiger partial charge in [-0.1, -0.05) is 35.0 Å². The Hall–Kier alpha value is -0.970.